The normalized spacial score (nSPS) is 14.9. The van der Waals surface area contributed by atoms with Gasteiger partial charge in [0.15, 0.2) is 0 Å². The summed E-state index contributed by atoms with van der Waals surface area (Å²) in [5, 5.41) is 0. The topological polar surface area (TPSA) is 43.7 Å². The monoisotopic (exact) mass is 370 g/mol. The Morgan fingerprint density at radius 1 is 1.04 bits per heavy atom. The fraction of sp³-hybridized carbons (Fsp3) is 0.500. The Kier molecular flexibility index (Phi) is 5.78. The van der Waals surface area contributed by atoms with Crippen LogP contribution in [0.1, 0.15) is 47.0 Å². The largest absolute Gasteiger partial charge is 0.494 e. The van der Waals surface area contributed by atoms with Crippen molar-refractivity contribution in [3.63, 3.8) is 0 Å². The summed E-state index contributed by atoms with van der Waals surface area (Å²) in [6.45, 7) is 10.2. The number of carbonyl (C=O) groups is 1. The first-order valence-corrected chi connectivity index (χ1v) is 9.81. The number of anilines is 1. The molecule has 0 spiro atoms. The summed E-state index contributed by atoms with van der Waals surface area (Å²) >= 11 is 0. The molecule has 1 saturated heterocycles. The van der Waals surface area contributed by atoms with Crippen LogP contribution in [-0.4, -0.2) is 36.0 Å². The lowest BCUT2D eigenvalue weighted by Gasteiger charge is -2.29. The molecular weight excluding hydrogens is 340 g/mol. The predicted octanol–water partition coefficient (Wildman–Crippen LogP) is 5.33. The smallest absolute Gasteiger partial charge is 0.420 e. The van der Waals surface area contributed by atoms with E-state index in [1.165, 1.54) is 6.42 Å². The zero-order valence-electron chi connectivity index (χ0n) is 16.8. The van der Waals surface area contributed by atoms with Gasteiger partial charge in [0, 0.05) is 24.8 Å². The molecule has 0 aliphatic carbocycles. The fourth-order valence-corrected chi connectivity index (χ4v) is 3.34. The molecular formula is C22H30N2O3. The van der Waals surface area contributed by atoms with Crippen LogP contribution in [0.2, 0.25) is 0 Å². The second-order valence-corrected chi connectivity index (χ2v) is 7.94. The average molecular weight is 370 g/mol. The van der Waals surface area contributed by atoms with Crippen LogP contribution in [0.15, 0.2) is 36.5 Å². The van der Waals surface area contributed by atoms with Crippen LogP contribution in [0.4, 0.5) is 10.6 Å². The summed E-state index contributed by atoms with van der Waals surface area (Å²) in [5.41, 5.74) is 1.53. The van der Waals surface area contributed by atoms with Crippen LogP contribution < -0.4 is 9.64 Å². The summed E-state index contributed by atoms with van der Waals surface area (Å²) in [7, 11) is 0. The first kappa shape index (κ1) is 19.3. The molecule has 0 bridgehead atoms. The van der Waals surface area contributed by atoms with Gasteiger partial charge >= 0.3 is 6.09 Å². The maximum Gasteiger partial charge on any atom is 0.420 e. The number of nitrogens with zero attached hydrogens (tertiary/aromatic N) is 2. The van der Waals surface area contributed by atoms with Crippen molar-refractivity contribution < 1.29 is 14.3 Å². The molecule has 0 atom stereocenters. The Morgan fingerprint density at radius 2 is 1.70 bits per heavy atom. The van der Waals surface area contributed by atoms with Crippen molar-refractivity contribution in [3.05, 3.63) is 36.5 Å². The van der Waals surface area contributed by atoms with Crippen LogP contribution in [0.3, 0.4) is 0 Å². The third kappa shape index (κ3) is 4.85. The highest BCUT2D eigenvalue weighted by atomic mass is 16.6. The summed E-state index contributed by atoms with van der Waals surface area (Å²) in [4.78, 5) is 15.1. The van der Waals surface area contributed by atoms with E-state index in [1.807, 2.05) is 58.2 Å². The third-order valence-corrected chi connectivity index (χ3v) is 4.57. The second-order valence-electron chi connectivity index (χ2n) is 7.94. The van der Waals surface area contributed by atoms with Crippen molar-refractivity contribution in [2.24, 2.45) is 0 Å². The molecule has 1 aliphatic heterocycles. The van der Waals surface area contributed by atoms with E-state index in [-0.39, 0.29) is 6.09 Å². The molecule has 1 aliphatic rings. The Balaban J connectivity index is 1.94. The number of aromatic nitrogens is 1. The number of hydrogen-bond acceptors (Lipinski definition) is 4. The van der Waals surface area contributed by atoms with Crippen LogP contribution in [-0.2, 0) is 4.74 Å². The molecule has 0 N–H and O–H groups in total. The maximum atomic E-state index is 12.8. The molecule has 146 valence electrons. The van der Waals surface area contributed by atoms with Gasteiger partial charge in [-0.3, -0.25) is 0 Å². The Morgan fingerprint density at radius 3 is 2.30 bits per heavy atom. The van der Waals surface area contributed by atoms with Gasteiger partial charge in [0.05, 0.1) is 6.61 Å². The lowest BCUT2D eigenvalue weighted by molar-refractivity contribution is 0.0539. The van der Waals surface area contributed by atoms with Gasteiger partial charge in [0.1, 0.15) is 17.2 Å². The van der Waals surface area contributed by atoms with E-state index in [9.17, 15) is 4.79 Å². The minimum absolute atomic E-state index is 0.333. The van der Waals surface area contributed by atoms with Gasteiger partial charge in [-0.15, -0.1) is 0 Å². The van der Waals surface area contributed by atoms with E-state index in [0.717, 1.165) is 48.6 Å². The average Bonchev–Trinajstić information content (AvgIpc) is 3.08. The van der Waals surface area contributed by atoms with Gasteiger partial charge in [0.2, 0.25) is 0 Å². The van der Waals surface area contributed by atoms with Crippen molar-refractivity contribution in [1.82, 2.24) is 4.57 Å². The van der Waals surface area contributed by atoms with E-state index >= 15 is 0 Å². The summed E-state index contributed by atoms with van der Waals surface area (Å²) in [6.07, 6.45) is 5.10. The van der Waals surface area contributed by atoms with Crippen LogP contribution in [0, 0.1) is 0 Å². The van der Waals surface area contributed by atoms with E-state index in [4.69, 9.17) is 9.47 Å². The summed E-state index contributed by atoms with van der Waals surface area (Å²) in [5.74, 6) is 1.76. The van der Waals surface area contributed by atoms with Crippen molar-refractivity contribution in [2.75, 3.05) is 24.6 Å². The molecule has 1 aromatic heterocycles. The molecule has 1 aromatic carbocycles. The second kappa shape index (κ2) is 8.07. The van der Waals surface area contributed by atoms with Gasteiger partial charge in [0.25, 0.3) is 0 Å². The van der Waals surface area contributed by atoms with Crippen molar-refractivity contribution in [2.45, 2.75) is 52.6 Å². The molecule has 1 fully saturated rings. The van der Waals surface area contributed by atoms with Crippen molar-refractivity contribution in [1.29, 1.82) is 0 Å². The summed E-state index contributed by atoms with van der Waals surface area (Å²) in [6, 6.07) is 10.1. The number of benzene rings is 1. The van der Waals surface area contributed by atoms with Gasteiger partial charge in [-0.25, -0.2) is 9.36 Å². The van der Waals surface area contributed by atoms with Gasteiger partial charge in [-0.2, -0.15) is 0 Å². The SMILES string of the molecule is CCOc1ccc(-c2cc(N3CCCCC3)n(C(=O)OC(C)(C)C)c2)cc1. The van der Waals surface area contributed by atoms with E-state index in [1.54, 1.807) is 4.57 Å². The van der Waals surface area contributed by atoms with Crippen molar-refractivity contribution >= 4 is 11.9 Å². The fourth-order valence-electron chi connectivity index (χ4n) is 3.34. The Labute approximate surface area is 161 Å². The van der Waals surface area contributed by atoms with E-state index in [2.05, 4.69) is 11.0 Å². The lowest BCUT2D eigenvalue weighted by Crippen LogP contribution is -2.34. The van der Waals surface area contributed by atoms with Crippen LogP contribution >= 0.6 is 0 Å². The quantitative estimate of drug-likeness (QED) is 0.730. The number of rotatable bonds is 4. The molecule has 0 amide bonds. The predicted molar refractivity (Wildman–Crippen MR) is 109 cm³/mol. The number of hydrogen-bond donors (Lipinski definition) is 0. The van der Waals surface area contributed by atoms with Crippen LogP contribution in [0.5, 0.6) is 5.75 Å². The first-order chi connectivity index (χ1) is 12.9. The molecule has 27 heavy (non-hydrogen) atoms. The van der Waals surface area contributed by atoms with Crippen molar-refractivity contribution in [3.8, 4) is 16.9 Å². The molecule has 3 rings (SSSR count). The van der Waals surface area contributed by atoms with Gasteiger partial charge in [-0.05, 0) is 70.7 Å². The number of piperidine rings is 1. The molecule has 0 unspecified atom stereocenters. The highest BCUT2D eigenvalue weighted by Gasteiger charge is 2.24. The summed E-state index contributed by atoms with van der Waals surface area (Å²) < 4.78 is 12.8. The first-order valence-electron chi connectivity index (χ1n) is 9.81. The van der Waals surface area contributed by atoms with E-state index < -0.39 is 5.60 Å². The van der Waals surface area contributed by atoms with Gasteiger partial charge < -0.3 is 14.4 Å². The lowest BCUT2D eigenvalue weighted by atomic mass is 10.1. The molecule has 5 heteroatoms. The minimum Gasteiger partial charge on any atom is -0.494 e. The zero-order chi connectivity index (χ0) is 19.4. The Hall–Kier alpha value is -2.43. The number of carbonyl (C=O) groups excluding carboxylic acids is 1. The molecule has 0 radical (unpaired) electrons. The molecule has 2 aromatic rings. The standard InChI is InChI=1S/C22H30N2O3/c1-5-26-19-11-9-17(10-12-19)18-15-20(23-13-7-6-8-14-23)24(16-18)21(25)27-22(2,3)4/h9-12,15-16H,5-8,13-14H2,1-4H3. The maximum absolute atomic E-state index is 12.8. The highest BCUT2D eigenvalue weighted by Crippen LogP contribution is 2.31. The highest BCUT2D eigenvalue weighted by molar-refractivity contribution is 5.81. The molecule has 0 saturated carbocycles. The Bertz CT molecular complexity index is 766. The van der Waals surface area contributed by atoms with Gasteiger partial charge in [-0.1, -0.05) is 12.1 Å². The minimum atomic E-state index is -0.528. The molecule has 5 nitrogen and oxygen atoms in total. The van der Waals surface area contributed by atoms with Crippen LogP contribution in [0.25, 0.3) is 11.1 Å². The third-order valence-electron chi connectivity index (χ3n) is 4.57. The number of ether oxygens (including phenoxy) is 2. The molecule has 2 heterocycles. The zero-order valence-corrected chi connectivity index (χ0v) is 16.8. The van der Waals surface area contributed by atoms with E-state index in [0.29, 0.717) is 6.61 Å².